The molecule has 1 N–H and O–H groups in total. The third kappa shape index (κ3) is 13.7. The van der Waals surface area contributed by atoms with E-state index in [1.807, 2.05) is 48.2 Å². The van der Waals surface area contributed by atoms with E-state index in [2.05, 4.69) is 74.6 Å². The summed E-state index contributed by atoms with van der Waals surface area (Å²) in [5.41, 5.74) is 8.18. The second-order valence-corrected chi connectivity index (χ2v) is 19.9. The molecule has 2 aromatic carbocycles. The van der Waals surface area contributed by atoms with Crippen LogP contribution >= 0.6 is 31.9 Å². The zero-order valence-corrected chi connectivity index (χ0v) is 43.1. The summed E-state index contributed by atoms with van der Waals surface area (Å²) in [4.78, 5) is 27.1. The van der Waals surface area contributed by atoms with Crippen LogP contribution in [0.5, 0.6) is 5.75 Å². The van der Waals surface area contributed by atoms with Gasteiger partial charge in [-0.3, -0.25) is 18.7 Å². The molecule has 18 nitrogen and oxygen atoms in total. The van der Waals surface area contributed by atoms with E-state index in [1.54, 1.807) is 35.3 Å². The molecule has 0 spiro atoms. The fourth-order valence-electron chi connectivity index (χ4n) is 8.17. The van der Waals surface area contributed by atoms with Crippen molar-refractivity contribution in [1.82, 2.24) is 49.1 Å². The molecule has 2 saturated carbocycles. The third-order valence-corrected chi connectivity index (χ3v) is 12.8. The molecular formula is C50H49Br2F3N12O6. The van der Waals surface area contributed by atoms with Gasteiger partial charge in [-0.1, -0.05) is 0 Å². The Hall–Kier alpha value is -7.11. The second kappa shape index (κ2) is 22.8. The van der Waals surface area contributed by atoms with E-state index < -0.39 is 45.3 Å². The molecule has 2 atom stereocenters. The number of aliphatic hydroxyl groups excluding tert-OH is 1. The van der Waals surface area contributed by atoms with Crippen molar-refractivity contribution < 1.29 is 32.9 Å². The number of benzene rings is 2. The molecule has 0 aliphatic heterocycles. The van der Waals surface area contributed by atoms with Crippen LogP contribution in [0.25, 0.3) is 22.5 Å². The minimum Gasteiger partial charge on any atom is -0.478 e. The highest BCUT2D eigenvalue weighted by Crippen LogP contribution is 2.38. The molecular weight excluding hydrogens is 1080 g/mol. The first-order valence-corrected chi connectivity index (χ1v) is 24.7. The van der Waals surface area contributed by atoms with E-state index in [0.717, 1.165) is 64.5 Å². The number of nitrogens with zero attached hydrogens (tertiary/aromatic N) is 12. The standard InChI is InChI=1S/C25H24BrFN6O3.C20H23FN4O.C5H2BrFN2O2/c1-15(36-23-8-19(26)11-28-25(23)33(34)35)22-9-20(27)5-6-21(22)24-18(14-31(2)30-24)7-17-10-29-32(13-17)12-16-3-4-16;1-13(26)19-8-17(21)5-6-18(19)20-16(12-24(2)23-20)7-15-9-22-25(11-15)10-14-3-4-14;6-3-1-4(7)5(8-2-3)9(10)11/h5-6,8-11,13-16H,3-4,7,12H2,1-2H3;5-6,8-9,11-14,26H,3-4,7,10H2,1-2H3;1-2H/t15-;13-;/m11./s1. The van der Waals surface area contributed by atoms with E-state index in [-0.39, 0.29) is 11.6 Å². The predicted molar refractivity (Wildman–Crippen MR) is 270 cm³/mol. The molecule has 0 saturated heterocycles. The summed E-state index contributed by atoms with van der Waals surface area (Å²) < 4.78 is 54.9. The van der Waals surface area contributed by atoms with E-state index in [1.165, 1.54) is 68.4 Å². The lowest BCUT2D eigenvalue weighted by molar-refractivity contribution is -0.392. The van der Waals surface area contributed by atoms with Crippen molar-refractivity contribution in [2.75, 3.05) is 0 Å². The maximum atomic E-state index is 14.4. The highest BCUT2D eigenvalue weighted by Gasteiger charge is 2.26. The summed E-state index contributed by atoms with van der Waals surface area (Å²) in [5.74, 6) is -1.41. The number of aryl methyl sites for hydroxylation is 2. The normalized spacial score (nSPS) is 13.9. The van der Waals surface area contributed by atoms with Gasteiger partial charge in [0.25, 0.3) is 0 Å². The van der Waals surface area contributed by atoms with Crippen LogP contribution in [0.15, 0.2) is 107 Å². The minimum absolute atomic E-state index is 0.0126. The summed E-state index contributed by atoms with van der Waals surface area (Å²) in [7, 11) is 3.71. The Morgan fingerprint density at radius 3 is 1.62 bits per heavy atom. The number of aliphatic hydroxyl groups is 1. The van der Waals surface area contributed by atoms with Crippen LogP contribution in [0, 0.1) is 49.5 Å². The Morgan fingerprint density at radius 2 is 1.15 bits per heavy atom. The van der Waals surface area contributed by atoms with Crippen LogP contribution in [0.2, 0.25) is 0 Å². The smallest absolute Gasteiger partial charge is 0.406 e. The van der Waals surface area contributed by atoms with Gasteiger partial charge in [0, 0.05) is 105 Å². The number of ether oxygens (including phenoxy) is 1. The van der Waals surface area contributed by atoms with Crippen molar-refractivity contribution >= 4 is 43.5 Å². The Bertz CT molecular complexity index is 3280. The molecule has 6 heterocycles. The third-order valence-electron chi connectivity index (χ3n) is 11.9. The zero-order valence-electron chi connectivity index (χ0n) is 39.9. The first kappa shape index (κ1) is 52.2. The van der Waals surface area contributed by atoms with Crippen molar-refractivity contribution in [2.45, 2.75) is 77.7 Å². The average Bonchev–Trinajstić information content (AvgIpc) is 4.14. The highest BCUT2D eigenvalue weighted by atomic mass is 79.9. The SMILES string of the molecule is C[C@@H](O)c1cc(F)ccc1-c1nn(C)cc1Cc1cnn(CC2CC2)c1.C[C@@H](Oc1cc(Br)cnc1[N+](=O)[O-])c1cc(F)ccc1-c1nn(C)cc1Cc1cnn(CC2CC2)c1.O=[N+]([O-])c1ncc(Br)cc1F. The number of nitro groups is 2. The van der Waals surface area contributed by atoms with Crippen molar-refractivity contribution in [2.24, 2.45) is 25.9 Å². The van der Waals surface area contributed by atoms with Crippen LogP contribution in [0.3, 0.4) is 0 Å². The van der Waals surface area contributed by atoms with Gasteiger partial charge >= 0.3 is 11.6 Å². The van der Waals surface area contributed by atoms with E-state index in [9.17, 15) is 38.5 Å². The number of aromatic nitrogens is 10. The van der Waals surface area contributed by atoms with Gasteiger partial charge in [-0.15, -0.1) is 0 Å². The molecule has 0 unspecified atom stereocenters. The lowest BCUT2D eigenvalue weighted by atomic mass is 9.96. The van der Waals surface area contributed by atoms with Crippen molar-refractivity contribution in [3.63, 3.8) is 0 Å². The van der Waals surface area contributed by atoms with E-state index in [0.29, 0.717) is 44.2 Å². The lowest BCUT2D eigenvalue weighted by Gasteiger charge is -2.18. The maximum Gasteiger partial charge on any atom is 0.406 e. The number of halogens is 5. The Kier molecular flexibility index (Phi) is 16.3. The van der Waals surface area contributed by atoms with Crippen LogP contribution in [0.1, 0.15) is 85.1 Å². The van der Waals surface area contributed by atoms with Crippen molar-refractivity contribution in [3.8, 4) is 28.3 Å². The average molecular weight is 1130 g/mol. The molecule has 380 valence electrons. The number of pyridine rings is 2. The van der Waals surface area contributed by atoms with E-state index >= 15 is 0 Å². The number of rotatable bonds is 16. The summed E-state index contributed by atoms with van der Waals surface area (Å²) in [5, 5.41) is 49.7. The van der Waals surface area contributed by atoms with Gasteiger partial charge in [0.2, 0.25) is 11.6 Å². The van der Waals surface area contributed by atoms with Crippen molar-refractivity contribution in [3.05, 3.63) is 178 Å². The lowest BCUT2D eigenvalue weighted by Crippen LogP contribution is -2.08. The number of hydrogen-bond donors (Lipinski definition) is 1. The number of hydrogen-bond acceptors (Lipinski definition) is 12. The first-order valence-electron chi connectivity index (χ1n) is 23.1. The quantitative estimate of drug-likeness (QED) is 0.0707. The fourth-order valence-corrected chi connectivity index (χ4v) is 8.78. The van der Waals surface area contributed by atoms with Crippen LogP contribution < -0.4 is 4.74 Å². The minimum atomic E-state index is -0.940. The summed E-state index contributed by atoms with van der Waals surface area (Å²) in [6.07, 6.45) is 19.3. The molecule has 10 rings (SSSR count). The van der Waals surface area contributed by atoms with Gasteiger partial charge in [0.1, 0.15) is 17.7 Å². The van der Waals surface area contributed by atoms with Gasteiger partial charge in [0.15, 0.2) is 12.4 Å². The van der Waals surface area contributed by atoms with Gasteiger partial charge in [-0.2, -0.15) is 24.8 Å². The topological polar surface area (TPSA) is 213 Å². The van der Waals surface area contributed by atoms with E-state index in [4.69, 9.17) is 4.74 Å². The molecule has 2 aliphatic rings. The first-order chi connectivity index (χ1) is 34.9. The molecule has 2 aliphatic carbocycles. The molecule has 8 aromatic rings. The summed E-state index contributed by atoms with van der Waals surface area (Å²) in [6, 6.07) is 11.4. The Balaban J connectivity index is 0.000000167. The van der Waals surface area contributed by atoms with Crippen LogP contribution in [0.4, 0.5) is 24.8 Å². The van der Waals surface area contributed by atoms with Gasteiger partial charge in [-0.25, -0.2) is 8.78 Å². The zero-order chi connectivity index (χ0) is 52.1. The molecule has 0 radical (unpaired) electrons. The molecule has 0 bridgehead atoms. The molecule has 6 aromatic heterocycles. The molecule has 73 heavy (non-hydrogen) atoms. The molecule has 23 heteroatoms. The van der Waals surface area contributed by atoms with Crippen LogP contribution in [-0.4, -0.2) is 64.0 Å². The van der Waals surface area contributed by atoms with Gasteiger partial charge in [0.05, 0.1) is 38.8 Å². The Labute approximate surface area is 433 Å². The van der Waals surface area contributed by atoms with Gasteiger partial charge < -0.3 is 30.1 Å². The summed E-state index contributed by atoms with van der Waals surface area (Å²) >= 11 is 6.19. The van der Waals surface area contributed by atoms with Gasteiger partial charge in [-0.05, 0) is 156 Å². The largest absolute Gasteiger partial charge is 0.478 e. The second-order valence-electron chi connectivity index (χ2n) is 18.1. The molecule has 0 amide bonds. The predicted octanol–water partition coefficient (Wildman–Crippen LogP) is 11.0. The van der Waals surface area contributed by atoms with Crippen LogP contribution in [-0.2, 0) is 40.0 Å². The molecule has 2 fully saturated rings. The maximum absolute atomic E-state index is 14.4. The Morgan fingerprint density at radius 1 is 0.685 bits per heavy atom. The summed E-state index contributed by atoms with van der Waals surface area (Å²) in [6.45, 7) is 5.29. The highest BCUT2D eigenvalue weighted by molar-refractivity contribution is 9.10. The fraction of sp³-hybridized carbons (Fsp3) is 0.320. The van der Waals surface area contributed by atoms with Crippen molar-refractivity contribution in [1.29, 1.82) is 0 Å². The monoisotopic (exact) mass is 1130 g/mol.